The van der Waals surface area contributed by atoms with E-state index in [2.05, 4.69) is 40.4 Å². The van der Waals surface area contributed by atoms with Crippen LogP contribution >= 0.6 is 15.9 Å². The molecule has 0 spiro atoms. The Morgan fingerprint density at radius 3 is 3.00 bits per heavy atom. The molecule has 110 valence electrons. The van der Waals surface area contributed by atoms with E-state index in [0.717, 1.165) is 41.9 Å². The summed E-state index contributed by atoms with van der Waals surface area (Å²) < 4.78 is 6.51. The minimum Gasteiger partial charge on any atom is -0.381 e. The maximum Gasteiger partial charge on any atom is 0.246 e. The van der Waals surface area contributed by atoms with Crippen LogP contribution in [0.3, 0.4) is 0 Å². The predicted octanol–water partition coefficient (Wildman–Crippen LogP) is 3.09. The topological polar surface area (TPSA) is 50.4 Å². The lowest BCUT2D eigenvalue weighted by molar-refractivity contribution is -0.117. The highest BCUT2D eigenvalue weighted by Gasteiger charge is 2.29. The number of hydrogen-bond donors (Lipinski definition) is 2. The number of carbonyl (C=O) groups excluding carboxylic acids is 1. The summed E-state index contributed by atoms with van der Waals surface area (Å²) in [4.78, 5) is 11.9. The minimum absolute atomic E-state index is 0.0150. The summed E-state index contributed by atoms with van der Waals surface area (Å²) in [6.45, 7) is 6.55. The molecule has 1 atom stereocenters. The van der Waals surface area contributed by atoms with E-state index in [4.69, 9.17) is 4.74 Å². The molecule has 1 aromatic rings. The van der Waals surface area contributed by atoms with Crippen molar-refractivity contribution in [3.8, 4) is 0 Å². The Kier molecular flexibility index (Phi) is 5.57. The lowest BCUT2D eigenvalue weighted by Gasteiger charge is -2.12. The molecule has 2 rings (SSSR count). The summed E-state index contributed by atoms with van der Waals surface area (Å²) in [5.74, 6) is 0.578. The van der Waals surface area contributed by atoms with Crippen LogP contribution in [0.1, 0.15) is 31.9 Å². The molecular weight excluding hydrogens is 320 g/mol. The lowest BCUT2D eigenvalue weighted by Crippen LogP contribution is -2.29. The first-order valence-electron chi connectivity index (χ1n) is 6.99. The van der Waals surface area contributed by atoms with Gasteiger partial charge in [-0.3, -0.25) is 4.79 Å². The Morgan fingerprint density at radius 2 is 2.25 bits per heavy atom. The molecule has 1 amide bonds. The van der Waals surface area contributed by atoms with E-state index < -0.39 is 0 Å². The standard InChI is InChI=1S/C15H21BrN2O2/c1-10(2)9-20-7-3-6-17-14-12-8-11(16)4-5-13(12)18-15(14)19/h4-5,8,10,14,17H,3,6-7,9H2,1-2H3,(H,18,19). The van der Waals surface area contributed by atoms with Crippen LogP contribution in [-0.4, -0.2) is 25.7 Å². The fourth-order valence-corrected chi connectivity index (χ4v) is 2.55. The monoisotopic (exact) mass is 340 g/mol. The Hall–Kier alpha value is -0.910. The second-order valence-electron chi connectivity index (χ2n) is 5.43. The van der Waals surface area contributed by atoms with Gasteiger partial charge in [-0.25, -0.2) is 0 Å². The van der Waals surface area contributed by atoms with E-state index in [-0.39, 0.29) is 11.9 Å². The summed E-state index contributed by atoms with van der Waals surface area (Å²) in [7, 11) is 0. The number of anilines is 1. The smallest absolute Gasteiger partial charge is 0.246 e. The molecule has 0 fully saturated rings. The van der Waals surface area contributed by atoms with Crippen molar-refractivity contribution in [3.05, 3.63) is 28.2 Å². The number of carbonyl (C=O) groups is 1. The fraction of sp³-hybridized carbons (Fsp3) is 0.533. The van der Waals surface area contributed by atoms with E-state index in [1.807, 2.05) is 18.2 Å². The zero-order valence-corrected chi connectivity index (χ0v) is 13.5. The fourth-order valence-electron chi connectivity index (χ4n) is 2.17. The number of halogens is 1. The molecular formula is C15H21BrN2O2. The second-order valence-corrected chi connectivity index (χ2v) is 6.35. The molecule has 0 radical (unpaired) electrons. The molecule has 1 aromatic carbocycles. The van der Waals surface area contributed by atoms with Crippen molar-refractivity contribution in [2.75, 3.05) is 25.1 Å². The first-order valence-corrected chi connectivity index (χ1v) is 7.78. The summed E-state index contributed by atoms with van der Waals surface area (Å²) in [5, 5.41) is 6.18. The zero-order chi connectivity index (χ0) is 14.5. The molecule has 1 unspecified atom stereocenters. The highest BCUT2D eigenvalue weighted by Crippen LogP contribution is 2.32. The quantitative estimate of drug-likeness (QED) is 0.750. The van der Waals surface area contributed by atoms with Crippen molar-refractivity contribution in [1.82, 2.24) is 5.32 Å². The summed E-state index contributed by atoms with van der Waals surface area (Å²) >= 11 is 3.44. The van der Waals surface area contributed by atoms with Crippen LogP contribution in [0.2, 0.25) is 0 Å². The van der Waals surface area contributed by atoms with Gasteiger partial charge in [-0.1, -0.05) is 29.8 Å². The van der Waals surface area contributed by atoms with E-state index in [0.29, 0.717) is 5.92 Å². The number of amides is 1. The maximum absolute atomic E-state index is 11.9. The number of benzene rings is 1. The van der Waals surface area contributed by atoms with Gasteiger partial charge in [-0.15, -0.1) is 0 Å². The number of rotatable bonds is 7. The second kappa shape index (κ2) is 7.20. The van der Waals surface area contributed by atoms with Gasteiger partial charge in [0.15, 0.2) is 0 Å². The third kappa shape index (κ3) is 4.04. The average Bonchev–Trinajstić information content (AvgIpc) is 2.69. The Morgan fingerprint density at radius 1 is 1.45 bits per heavy atom. The Labute approximate surface area is 128 Å². The number of hydrogen-bond acceptors (Lipinski definition) is 3. The van der Waals surface area contributed by atoms with Gasteiger partial charge in [0.25, 0.3) is 0 Å². The molecule has 0 aliphatic carbocycles. The molecule has 0 aromatic heterocycles. The van der Waals surface area contributed by atoms with Gasteiger partial charge in [0.2, 0.25) is 5.91 Å². The van der Waals surface area contributed by atoms with Gasteiger partial charge >= 0.3 is 0 Å². The first kappa shape index (κ1) is 15.5. The molecule has 4 nitrogen and oxygen atoms in total. The largest absolute Gasteiger partial charge is 0.381 e. The van der Waals surface area contributed by atoms with Crippen LogP contribution in [0.5, 0.6) is 0 Å². The Bertz CT molecular complexity index is 477. The normalized spacial score (nSPS) is 17.4. The number of fused-ring (bicyclic) bond motifs is 1. The van der Waals surface area contributed by atoms with Gasteiger partial charge in [0.05, 0.1) is 0 Å². The summed E-state index contributed by atoms with van der Waals surface area (Å²) in [5.41, 5.74) is 1.90. The predicted molar refractivity (Wildman–Crippen MR) is 83.8 cm³/mol. The first-order chi connectivity index (χ1) is 9.58. The number of ether oxygens (including phenoxy) is 1. The average molecular weight is 341 g/mol. The molecule has 1 aliphatic heterocycles. The van der Waals surface area contributed by atoms with Crippen molar-refractivity contribution in [2.24, 2.45) is 5.92 Å². The van der Waals surface area contributed by atoms with Crippen molar-refractivity contribution in [2.45, 2.75) is 26.3 Å². The van der Waals surface area contributed by atoms with Gasteiger partial charge in [0, 0.05) is 28.9 Å². The van der Waals surface area contributed by atoms with E-state index in [1.165, 1.54) is 0 Å². The van der Waals surface area contributed by atoms with Crippen LogP contribution in [0, 0.1) is 5.92 Å². The lowest BCUT2D eigenvalue weighted by atomic mass is 10.1. The SMILES string of the molecule is CC(C)COCCCNC1C(=O)Nc2ccc(Br)cc21. The van der Waals surface area contributed by atoms with Crippen LogP contribution < -0.4 is 10.6 Å². The van der Waals surface area contributed by atoms with Crippen LogP contribution in [0.25, 0.3) is 0 Å². The van der Waals surface area contributed by atoms with Crippen molar-refractivity contribution < 1.29 is 9.53 Å². The van der Waals surface area contributed by atoms with E-state index >= 15 is 0 Å². The molecule has 0 saturated heterocycles. The highest BCUT2D eigenvalue weighted by atomic mass is 79.9. The van der Waals surface area contributed by atoms with Gasteiger partial charge in [0.1, 0.15) is 6.04 Å². The van der Waals surface area contributed by atoms with Crippen molar-refractivity contribution in [1.29, 1.82) is 0 Å². The third-order valence-corrected chi connectivity index (χ3v) is 3.60. The highest BCUT2D eigenvalue weighted by molar-refractivity contribution is 9.10. The molecule has 1 aliphatic rings. The summed E-state index contributed by atoms with van der Waals surface area (Å²) in [6.07, 6.45) is 0.903. The van der Waals surface area contributed by atoms with Crippen molar-refractivity contribution in [3.63, 3.8) is 0 Å². The van der Waals surface area contributed by atoms with Crippen LogP contribution in [0.15, 0.2) is 22.7 Å². The van der Waals surface area contributed by atoms with Gasteiger partial charge in [-0.05, 0) is 37.1 Å². The Balaban J connectivity index is 1.79. The van der Waals surface area contributed by atoms with Gasteiger partial charge in [-0.2, -0.15) is 0 Å². The number of nitrogens with one attached hydrogen (secondary N) is 2. The molecule has 5 heteroatoms. The van der Waals surface area contributed by atoms with E-state index in [9.17, 15) is 4.79 Å². The maximum atomic E-state index is 11.9. The molecule has 1 heterocycles. The molecule has 20 heavy (non-hydrogen) atoms. The van der Waals surface area contributed by atoms with Gasteiger partial charge < -0.3 is 15.4 Å². The van der Waals surface area contributed by atoms with Crippen molar-refractivity contribution >= 4 is 27.5 Å². The molecule has 2 N–H and O–H groups in total. The molecule has 0 bridgehead atoms. The zero-order valence-electron chi connectivity index (χ0n) is 11.9. The van der Waals surface area contributed by atoms with E-state index in [1.54, 1.807) is 0 Å². The van der Waals surface area contributed by atoms with Crippen LogP contribution in [0.4, 0.5) is 5.69 Å². The third-order valence-electron chi connectivity index (χ3n) is 3.11. The summed E-state index contributed by atoms with van der Waals surface area (Å²) in [6, 6.07) is 5.58. The molecule has 0 saturated carbocycles. The minimum atomic E-state index is -0.257. The van der Waals surface area contributed by atoms with Crippen LogP contribution in [-0.2, 0) is 9.53 Å².